The minimum atomic E-state index is -1.19. The van der Waals surface area contributed by atoms with E-state index in [2.05, 4.69) is 45.9 Å². The third-order valence-corrected chi connectivity index (χ3v) is 12.1. The third-order valence-electron chi connectivity index (χ3n) is 12.1. The Morgan fingerprint density at radius 3 is 2.39 bits per heavy atom. The molecule has 2 aliphatic carbocycles. The van der Waals surface area contributed by atoms with Crippen LogP contribution in [0.4, 0.5) is 0 Å². The second kappa shape index (κ2) is 10.8. The van der Waals surface area contributed by atoms with E-state index < -0.39 is 5.41 Å². The van der Waals surface area contributed by atoms with E-state index in [1.807, 2.05) is 61.0 Å². The second-order valence-corrected chi connectivity index (χ2v) is 15.4. The molecule has 5 nitrogen and oxygen atoms in total. The standard InChI is InChI=1S/C41H46N2O3/c1-26(2)28-17-19-31-29(23-28)18-20-34-39(3,21-12-22-40(31,34)4)25-43-37(45)35-30-15-10-11-16-32(30)42(6)36(35)41(5,38(43)46)24-33(44)27-13-8-7-9-14-27/h7-11,13-17,19,23,26,34H,12,18,20-22,24-25H2,1-6H3/t34?,39-,40+,41-/m0/s1. The molecule has 238 valence electrons. The van der Waals surface area contributed by atoms with Gasteiger partial charge in [0.05, 0.1) is 11.0 Å². The van der Waals surface area contributed by atoms with Crippen LogP contribution in [0, 0.1) is 11.3 Å². The molecule has 5 heteroatoms. The molecule has 1 unspecified atom stereocenters. The molecule has 0 saturated heterocycles. The number of benzene rings is 3. The van der Waals surface area contributed by atoms with Crippen LogP contribution >= 0.6 is 0 Å². The van der Waals surface area contributed by atoms with E-state index in [9.17, 15) is 14.4 Å². The molecule has 0 bridgehead atoms. The van der Waals surface area contributed by atoms with Gasteiger partial charge in [0.1, 0.15) is 0 Å². The van der Waals surface area contributed by atoms with Gasteiger partial charge in [0.2, 0.25) is 5.91 Å². The summed E-state index contributed by atoms with van der Waals surface area (Å²) in [5.74, 6) is 0.241. The van der Waals surface area contributed by atoms with Crippen LogP contribution in [0.2, 0.25) is 0 Å². The number of para-hydroxylation sites is 1. The molecule has 2 amide bonds. The minimum absolute atomic E-state index is 0.000205. The maximum Gasteiger partial charge on any atom is 0.263 e. The lowest BCUT2D eigenvalue weighted by molar-refractivity contribution is -0.138. The summed E-state index contributed by atoms with van der Waals surface area (Å²) in [5, 5.41) is 0.840. The van der Waals surface area contributed by atoms with Crippen molar-refractivity contribution in [2.75, 3.05) is 6.54 Å². The van der Waals surface area contributed by atoms with E-state index >= 15 is 0 Å². The Morgan fingerprint density at radius 2 is 1.65 bits per heavy atom. The predicted octanol–water partition coefficient (Wildman–Crippen LogP) is 8.53. The van der Waals surface area contributed by atoms with Crippen molar-refractivity contribution in [1.29, 1.82) is 0 Å². The van der Waals surface area contributed by atoms with Crippen LogP contribution in [-0.2, 0) is 29.1 Å². The van der Waals surface area contributed by atoms with Gasteiger partial charge in [-0.05, 0) is 78.0 Å². The highest BCUT2D eigenvalue weighted by atomic mass is 16.2. The van der Waals surface area contributed by atoms with E-state index in [4.69, 9.17) is 0 Å². The van der Waals surface area contributed by atoms with Gasteiger partial charge in [0.25, 0.3) is 5.91 Å². The minimum Gasteiger partial charge on any atom is -0.346 e. The Labute approximate surface area is 273 Å². The fraction of sp³-hybridized carbons (Fsp3) is 0.439. The number of carbonyl (C=O) groups excluding carboxylic acids is 3. The number of nitrogens with zero attached hydrogens (tertiary/aromatic N) is 2. The number of aromatic nitrogens is 1. The number of imide groups is 1. The molecule has 46 heavy (non-hydrogen) atoms. The van der Waals surface area contributed by atoms with Gasteiger partial charge in [-0.2, -0.15) is 0 Å². The van der Waals surface area contributed by atoms with Gasteiger partial charge < -0.3 is 4.57 Å². The maximum absolute atomic E-state index is 14.9. The maximum atomic E-state index is 14.9. The largest absolute Gasteiger partial charge is 0.346 e. The average Bonchev–Trinajstić information content (AvgIpc) is 3.35. The zero-order chi connectivity index (χ0) is 32.6. The van der Waals surface area contributed by atoms with Gasteiger partial charge in [-0.1, -0.05) is 101 Å². The summed E-state index contributed by atoms with van der Waals surface area (Å²) in [7, 11) is 1.92. The Kier molecular flexibility index (Phi) is 7.19. The van der Waals surface area contributed by atoms with Crippen molar-refractivity contribution in [2.45, 2.75) is 89.9 Å². The number of rotatable bonds is 6. The van der Waals surface area contributed by atoms with Crippen LogP contribution in [0.25, 0.3) is 10.9 Å². The molecule has 4 aromatic rings. The monoisotopic (exact) mass is 614 g/mol. The molecule has 1 saturated carbocycles. The molecule has 3 aliphatic rings. The summed E-state index contributed by atoms with van der Waals surface area (Å²) in [6.45, 7) is 11.5. The lowest BCUT2D eigenvalue weighted by Crippen LogP contribution is -2.60. The lowest BCUT2D eigenvalue weighted by Gasteiger charge is -2.57. The van der Waals surface area contributed by atoms with Gasteiger partial charge in [-0.15, -0.1) is 0 Å². The number of ketones is 1. The molecule has 4 atom stereocenters. The molecule has 2 heterocycles. The highest BCUT2D eigenvalue weighted by Gasteiger charge is 2.57. The quantitative estimate of drug-likeness (QED) is 0.162. The lowest BCUT2D eigenvalue weighted by atomic mass is 9.49. The van der Waals surface area contributed by atoms with E-state index in [-0.39, 0.29) is 34.8 Å². The van der Waals surface area contributed by atoms with Crippen LogP contribution in [-0.4, -0.2) is 33.6 Å². The van der Waals surface area contributed by atoms with Crippen LogP contribution in [0.5, 0.6) is 0 Å². The summed E-state index contributed by atoms with van der Waals surface area (Å²) in [6, 6.07) is 24.2. The Balaban J connectivity index is 1.31. The Morgan fingerprint density at radius 1 is 0.935 bits per heavy atom. The van der Waals surface area contributed by atoms with Gasteiger partial charge in [-0.25, -0.2) is 0 Å². The number of hydrogen-bond acceptors (Lipinski definition) is 3. The van der Waals surface area contributed by atoms with Crippen molar-refractivity contribution in [3.8, 4) is 0 Å². The molecular weight excluding hydrogens is 568 g/mol. The van der Waals surface area contributed by atoms with Crippen molar-refractivity contribution < 1.29 is 14.4 Å². The first-order chi connectivity index (χ1) is 21.9. The van der Waals surface area contributed by atoms with Crippen LogP contribution < -0.4 is 0 Å². The zero-order valence-corrected chi connectivity index (χ0v) is 28.2. The zero-order valence-electron chi connectivity index (χ0n) is 28.2. The number of fused-ring (bicyclic) bond motifs is 6. The molecule has 1 aromatic heterocycles. The summed E-state index contributed by atoms with van der Waals surface area (Å²) >= 11 is 0. The van der Waals surface area contributed by atoms with Crippen LogP contribution in [0.3, 0.4) is 0 Å². The molecule has 7 rings (SSSR count). The first-order valence-electron chi connectivity index (χ1n) is 17.0. The molecule has 0 N–H and O–H groups in total. The van der Waals surface area contributed by atoms with Gasteiger partial charge in [0.15, 0.2) is 5.78 Å². The molecule has 1 fully saturated rings. The second-order valence-electron chi connectivity index (χ2n) is 15.4. The Bertz CT molecular complexity index is 1890. The average molecular weight is 615 g/mol. The van der Waals surface area contributed by atoms with Crippen molar-refractivity contribution in [2.24, 2.45) is 18.4 Å². The molecule has 0 radical (unpaired) electrons. The fourth-order valence-electron chi connectivity index (χ4n) is 9.79. The number of carbonyl (C=O) groups is 3. The van der Waals surface area contributed by atoms with Crippen LogP contribution in [0.1, 0.15) is 116 Å². The summed E-state index contributed by atoms with van der Waals surface area (Å²) in [5.41, 5.74) is 5.54. The number of aryl methyl sites for hydroxylation is 2. The Hall–Kier alpha value is -3.99. The van der Waals surface area contributed by atoms with E-state index in [1.165, 1.54) is 16.7 Å². The first-order valence-corrected chi connectivity index (χ1v) is 17.0. The van der Waals surface area contributed by atoms with E-state index in [0.29, 0.717) is 35.2 Å². The highest BCUT2D eigenvalue weighted by molar-refractivity contribution is 6.20. The summed E-state index contributed by atoms with van der Waals surface area (Å²) < 4.78 is 1.97. The number of hydrogen-bond donors (Lipinski definition) is 0. The third kappa shape index (κ3) is 4.45. The molecule has 1 aliphatic heterocycles. The topological polar surface area (TPSA) is 59.4 Å². The predicted molar refractivity (Wildman–Crippen MR) is 183 cm³/mol. The van der Waals surface area contributed by atoms with E-state index in [0.717, 1.165) is 43.0 Å². The fourth-order valence-corrected chi connectivity index (χ4v) is 9.79. The van der Waals surface area contributed by atoms with Gasteiger partial charge in [-0.3, -0.25) is 19.3 Å². The van der Waals surface area contributed by atoms with E-state index in [1.54, 1.807) is 17.0 Å². The van der Waals surface area contributed by atoms with Gasteiger partial charge >= 0.3 is 0 Å². The van der Waals surface area contributed by atoms with Crippen LogP contribution in [0.15, 0.2) is 72.8 Å². The van der Waals surface area contributed by atoms with Gasteiger partial charge in [0, 0.05) is 42.2 Å². The molecule has 3 aromatic carbocycles. The first kappa shape index (κ1) is 30.7. The van der Waals surface area contributed by atoms with Crippen molar-refractivity contribution in [3.63, 3.8) is 0 Å². The van der Waals surface area contributed by atoms with Crippen molar-refractivity contribution in [1.82, 2.24) is 9.47 Å². The number of amides is 2. The smallest absolute Gasteiger partial charge is 0.263 e. The highest BCUT2D eigenvalue weighted by Crippen LogP contribution is 2.58. The molecule has 0 spiro atoms. The molecular formula is C41H46N2O3. The SMILES string of the molecule is CC(C)c1ccc2c(c1)CCC1[C@](C)(CN3C(=O)c4c(n(C)c5ccccc45)[C@](C)(CC(=O)c4ccccc4)C3=O)CCC[C@]21C. The van der Waals surface area contributed by atoms with Crippen molar-refractivity contribution in [3.05, 3.63) is 106 Å². The normalized spacial score (nSPS) is 27.5. The summed E-state index contributed by atoms with van der Waals surface area (Å²) in [4.78, 5) is 44.9. The van der Waals surface area contributed by atoms with Crippen molar-refractivity contribution >= 4 is 28.5 Å². The summed E-state index contributed by atoms with van der Waals surface area (Å²) in [6.07, 6.45) is 5.19. The number of Topliss-reactive ketones (excluding diaryl/α,β-unsaturated/α-hetero) is 1.